The number of rotatable bonds is 4. The molecular formula is C13H20N2O. The Morgan fingerprint density at radius 1 is 1.25 bits per heavy atom. The van der Waals surface area contributed by atoms with Crippen LogP contribution in [0.15, 0.2) is 24.3 Å². The van der Waals surface area contributed by atoms with Crippen LogP contribution in [-0.4, -0.2) is 12.6 Å². The molecule has 0 radical (unpaired) electrons. The molecule has 0 aliphatic rings. The number of amides is 2. The molecule has 0 unspecified atom stereocenters. The minimum absolute atomic E-state index is 0.154. The maximum atomic E-state index is 11.3. The number of hydrogen-bond acceptors (Lipinski definition) is 1. The monoisotopic (exact) mass is 220 g/mol. The molecule has 0 aromatic heterocycles. The maximum Gasteiger partial charge on any atom is 0.319 e. The van der Waals surface area contributed by atoms with E-state index in [1.54, 1.807) is 0 Å². The van der Waals surface area contributed by atoms with Crippen molar-refractivity contribution < 1.29 is 4.79 Å². The molecule has 1 aromatic rings. The van der Waals surface area contributed by atoms with Crippen LogP contribution < -0.4 is 10.6 Å². The van der Waals surface area contributed by atoms with Crippen LogP contribution in [0.4, 0.5) is 10.5 Å². The molecule has 2 amide bonds. The van der Waals surface area contributed by atoms with Crippen LogP contribution in [0.1, 0.15) is 38.7 Å². The number of benzene rings is 1. The third kappa shape index (κ3) is 3.57. The van der Waals surface area contributed by atoms with Crippen molar-refractivity contribution in [1.29, 1.82) is 0 Å². The van der Waals surface area contributed by atoms with Crippen LogP contribution in [0.3, 0.4) is 0 Å². The van der Waals surface area contributed by atoms with E-state index in [-0.39, 0.29) is 6.03 Å². The van der Waals surface area contributed by atoms with Crippen LogP contribution >= 0.6 is 0 Å². The summed E-state index contributed by atoms with van der Waals surface area (Å²) in [4.78, 5) is 11.3. The highest BCUT2D eigenvalue weighted by Gasteiger charge is 2.03. The second-order valence-electron chi connectivity index (χ2n) is 3.92. The van der Waals surface area contributed by atoms with Crippen molar-refractivity contribution in [2.75, 3.05) is 11.9 Å². The van der Waals surface area contributed by atoms with E-state index >= 15 is 0 Å². The molecular weight excluding hydrogens is 200 g/mol. The van der Waals surface area contributed by atoms with Gasteiger partial charge in [0.2, 0.25) is 0 Å². The fourth-order valence-corrected chi connectivity index (χ4v) is 1.47. The topological polar surface area (TPSA) is 41.1 Å². The SMILES string of the molecule is CCNC(=O)Nc1ccc([C@H](C)CC)cc1. The van der Waals surface area contributed by atoms with Gasteiger partial charge in [0.05, 0.1) is 0 Å². The first-order valence-corrected chi connectivity index (χ1v) is 5.82. The second kappa shape index (κ2) is 6.16. The van der Waals surface area contributed by atoms with Crippen molar-refractivity contribution in [3.8, 4) is 0 Å². The quantitative estimate of drug-likeness (QED) is 0.802. The van der Waals surface area contributed by atoms with E-state index < -0.39 is 0 Å². The van der Waals surface area contributed by atoms with Gasteiger partial charge in [0.15, 0.2) is 0 Å². The Bertz CT molecular complexity index is 332. The molecule has 0 saturated carbocycles. The zero-order valence-corrected chi connectivity index (χ0v) is 10.2. The summed E-state index contributed by atoms with van der Waals surface area (Å²) in [6.45, 7) is 6.90. The van der Waals surface area contributed by atoms with Gasteiger partial charge in [-0.3, -0.25) is 0 Å². The Labute approximate surface area is 97.2 Å². The van der Waals surface area contributed by atoms with E-state index in [0.717, 1.165) is 12.1 Å². The van der Waals surface area contributed by atoms with Gasteiger partial charge in [0.1, 0.15) is 0 Å². The van der Waals surface area contributed by atoms with Gasteiger partial charge in [-0.1, -0.05) is 26.0 Å². The van der Waals surface area contributed by atoms with E-state index in [2.05, 4.69) is 36.6 Å². The van der Waals surface area contributed by atoms with Crippen molar-refractivity contribution in [3.05, 3.63) is 29.8 Å². The van der Waals surface area contributed by atoms with Crippen molar-refractivity contribution in [3.63, 3.8) is 0 Å². The number of nitrogens with one attached hydrogen (secondary N) is 2. The molecule has 0 spiro atoms. The number of hydrogen-bond donors (Lipinski definition) is 2. The van der Waals surface area contributed by atoms with Gasteiger partial charge >= 0.3 is 6.03 Å². The van der Waals surface area contributed by atoms with Gasteiger partial charge in [-0.2, -0.15) is 0 Å². The number of carbonyl (C=O) groups excluding carboxylic acids is 1. The molecule has 3 heteroatoms. The molecule has 0 bridgehead atoms. The minimum Gasteiger partial charge on any atom is -0.338 e. The zero-order chi connectivity index (χ0) is 12.0. The van der Waals surface area contributed by atoms with Crippen molar-refractivity contribution in [2.24, 2.45) is 0 Å². The Morgan fingerprint density at radius 3 is 2.38 bits per heavy atom. The van der Waals surface area contributed by atoms with Crippen LogP contribution in [0.2, 0.25) is 0 Å². The predicted molar refractivity (Wildman–Crippen MR) is 67.8 cm³/mol. The van der Waals surface area contributed by atoms with Gasteiger partial charge < -0.3 is 10.6 Å². The lowest BCUT2D eigenvalue weighted by Gasteiger charge is -2.10. The summed E-state index contributed by atoms with van der Waals surface area (Å²) >= 11 is 0. The molecule has 2 N–H and O–H groups in total. The first-order valence-electron chi connectivity index (χ1n) is 5.82. The largest absolute Gasteiger partial charge is 0.338 e. The summed E-state index contributed by atoms with van der Waals surface area (Å²) < 4.78 is 0. The van der Waals surface area contributed by atoms with E-state index in [4.69, 9.17) is 0 Å². The molecule has 88 valence electrons. The fraction of sp³-hybridized carbons (Fsp3) is 0.462. The Hall–Kier alpha value is -1.51. The summed E-state index contributed by atoms with van der Waals surface area (Å²) in [7, 11) is 0. The third-order valence-electron chi connectivity index (χ3n) is 2.69. The molecule has 3 nitrogen and oxygen atoms in total. The Balaban J connectivity index is 2.61. The van der Waals surface area contributed by atoms with Gasteiger partial charge in [-0.25, -0.2) is 4.79 Å². The van der Waals surface area contributed by atoms with Gasteiger partial charge in [0.25, 0.3) is 0 Å². The molecule has 0 aliphatic heterocycles. The molecule has 0 aliphatic carbocycles. The Morgan fingerprint density at radius 2 is 1.88 bits per heavy atom. The van der Waals surface area contributed by atoms with E-state index in [1.165, 1.54) is 5.56 Å². The summed E-state index contributed by atoms with van der Waals surface area (Å²) in [5.74, 6) is 0.568. The smallest absolute Gasteiger partial charge is 0.319 e. The van der Waals surface area contributed by atoms with E-state index in [1.807, 2.05) is 19.1 Å². The normalized spacial score (nSPS) is 11.9. The highest BCUT2D eigenvalue weighted by molar-refractivity contribution is 5.89. The van der Waals surface area contributed by atoms with Crippen LogP contribution in [0.25, 0.3) is 0 Å². The molecule has 1 atom stereocenters. The van der Waals surface area contributed by atoms with Crippen molar-refractivity contribution in [1.82, 2.24) is 5.32 Å². The standard InChI is InChI=1S/C13H20N2O/c1-4-10(3)11-6-8-12(9-7-11)15-13(16)14-5-2/h6-10H,4-5H2,1-3H3,(H2,14,15,16)/t10-/m1/s1. The number of anilines is 1. The van der Waals surface area contributed by atoms with Crippen molar-refractivity contribution in [2.45, 2.75) is 33.1 Å². The predicted octanol–water partition coefficient (Wildman–Crippen LogP) is 3.34. The number of urea groups is 1. The second-order valence-corrected chi connectivity index (χ2v) is 3.92. The minimum atomic E-state index is -0.154. The molecule has 1 aromatic carbocycles. The zero-order valence-electron chi connectivity index (χ0n) is 10.2. The first-order chi connectivity index (χ1) is 7.67. The average molecular weight is 220 g/mol. The van der Waals surface area contributed by atoms with E-state index in [9.17, 15) is 4.79 Å². The van der Waals surface area contributed by atoms with Crippen LogP contribution in [0.5, 0.6) is 0 Å². The van der Waals surface area contributed by atoms with Gasteiger partial charge in [0, 0.05) is 12.2 Å². The van der Waals surface area contributed by atoms with E-state index in [0.29, 0.717) is 12.5 Å². The highest BCUT2D eigenvalue weighted by atomic mass is 16.2. The molecule has 16 heavy (non-hydrogen) atoms. The first kappa shape index (κ1) is 12.6. The molecule has 0 saturated heterocycles. The van der Waals surface area contributed by atoms with Crippen molar-refractivity contribution >= 4 is 11.7 Å². The lowest BCUT2D eigenvalue weighted by atomic mass is 9.99. The lowest BCUT2D eigenvalue weighted by molar-refractivity contribution is 0.252. The average Bonchev–Trinajstić information content (AvgIpc) is 2.29. The molecule has 0 heterocycles. The summed E-state index contributed by atoms with van der Waals surface area (Å²) in [6.07, 6.45) is 1.13. The molecule has 0 fully saturated rings. The van der Waals surface area contributed by atoms with Gasteiger partial charge in [-0.05, 0) is 37.0 Å². The molecule has 1 rings (SSSR count). The third-order valence-corrected chi connectivity index (χ3v) is 2.69. The lowest BCUT2D eigenvalue weighted by Crippen LogP contribution is -2.28. The van der Waals surface area contributed by atoms with Crippen LogP contribution in [0, 0.1) is 0 Å². The summed E-state index contributed by atoms with van der Waals surface area (Å²) in [5.41, 5.74) is 2.14. The van der Waals surface area contributed by atoms with Crippen LogP contribution in [-0.2, 0) is 0 Å². The summed E-state index contributed by atoms with van der Waals surface area (Å²) in [5, 5.41) is 5.47. The highest BCUT2D eigenvalue weighted by Crippen LogP contribution is 2.20. The fourth-order valence-electron chi connectivity index (χ4n) is 1.47. The maximum absolute atomic E-state index is 11.3. The van der Waals surface area contributed by atoms with Gasteiger partial charge in [-0.15, -0.1) is 0 Å². The number of carbonyl (C=O) groups is 1. The Kier molecular flexibility index (Phi) is 4.83. The summed E-state index contributed by atoms with van der Waals surface area (Å²) in [6, 6.07) is 7.86.